The minimum absolute atomic E-state index is 0.0337. The standard InChI is InChI=1S/C25H27FN4O3/c1-16-3-6-22-19(13-16)20(14-17(2)27-22)25(32)28-18-4-5-21(26)23(15-18)29-24(31)7-8-30-9-11-33-12-10-30/h3-6,13-15H,7-12H2,1-2H3,(H,28,32)(H,29,31). The van der Waals surface area contributed by atoms with Crippen molar-refractivity contribution >= 4 is 34.1 Å². The van der Waals surface area contributed by atoms with Crippen molar-refractivity contribution in [2.75, 3.05) is 43.5 Å². The molecule has 2 heterocycles. The lowest BCUT2D eigenvalue weighted by Gasteiger charge is -2.26. The minimum Gasteiger partial charge on any atom is -0.379 e. The number of fused-ring (bicyclic) bond motifs is 1. The number of carbonyl (C=O) groups is 2. The van der Waals surface area contributed by atoms with Gasteiger partial charge in [-0.2, -0.15) is 0 Å². The van der Waals surface area contributed by atoms with Crippen molar-refractivity contribution in [2.24, 2.45) is 0 Å². The monoisotopic (exact) mass is 450 g/mol. The summed E-state index contributed by atoms with van der Waals surface area (Å²) in [6.45, 7) is 7.25. The Morgan fingerprint density at radius 1 is 1.06 bits per heavy atom. The predicted octanol–water partition coefficient (Wildman–Crippen LogP) is 3.90. The summed E-state index contributed by atoms with van der Waals surface area (Å²) in [6.07, 6.45) is 0.248. The van der Waals surface area contributed by atoms with Crippen LogP contribution in [0.5, 0.6) is 0 Å². The van der Waals surface area contributed by atoms with Gasteiger partial charge in [0.2, 0.25) is 5.91 Å². The average Bonchev–Trinajstić information content (AvgIpc) is 2.80. The zero-order valence-corrected chi connectivity index (χ0v) is 18.8. The molecule has 0 unspecified atom stereocenters. The summed E-state index contributed by atoms with van der Waals surface area (Å²) in [5, 5.41) is 6.18. The molecule has 0 bridgehead atoms. The van der Waals surface area contributed by atoms with Crippen molar-refractivity contribution in [2.45, 2.75) is 20.3 Å². The van der Waals surface area contributed by atoms with Crippen LogP contribution in [0.25, 0.3) is 10.9 Å². The van der Waals surface area contributed by atoms with E-state index in [2.05, 4.69) is 20.5 Å². The molecular weight excluding hydrogens is 423 g/mol. The number of amides is 2. The van der Waals surface area contributed by atoms with Crippen LogP contribution in [0.15, 0.2) is 42.5 Å². The molecule has 33 heavy (non-hydrogen) atoms. The zero-order valence-electron chi connectivity index (χ0n) is 18.8. The summed E-state index contributed by atoms with van der Waals surface area (Å²) >= 11 is 0. The second kappa shape index (κ2) is 10.1. The fourth-order valence-electron chi connectivity index (χ4n) is 3.85. The van der Waals surface area contributed by atoms with E-state index >= 15 is 0 Å². The molecule has 2 N–H and O–H groups in total. The number of aryl methyl sites for hydroxylation is 2. The molecule has 0 aliphatic carbocycles. The molecule has 1 aliphatic heterocycles. The Kier molecular flexibility index (Phi) is 6.96. The number of carbonyl (C=O) groups excluding carboxylic acids is 2. The highest BCUT2D eigenvalue weighted by Gasteiger charge is 2.16. The van der Waals surface area contributed by atoms with E-state index < -0.39 is 5.82 Å². The molecule has 8 heteroatoms. The summed E-state index contributed by atoms with van der Waals surface area (Å²) in [5.41, 5.74) is 3.39. The van der Waals surface area contributed by atoms with Crippen LogP contribution in [-0.2, 0) is 9.53 Å². The van der Waals surface area contributed by atoms with Crippen LogP contribution >= 0.6 is 0 Å². The first-order valence-corrected chi connectivity index (χ1v) is 11.0. The van der Waals surface area contributed by atoms with Gasteiger partial charge in [-0.25, -0.2) is 4.39 Å². The largest absolute Gasteiger partial charge is 0.379 e. The molecule has 1 aliphatic rings. The fourth-order valence-corrected chi connectivity index (χ4v) is 3.85. The number of pyridine rings is 1. The molecule has 1 saturated heterocycles. The van der Waals surface area contributed by atoms with E-state index in [1.165, 1.54) is 18.2 Å². The molecule has 2 amide bonds. The number of morpholine rings is 1. The normalized spacial score (nSPS) is 14.3. The Morgan fingerprint density at radius 2 is 1.85 bits per heavy atom. The number of benzene rings is 2. The highest BCUT2D eigenvalue weighted by molar-refractivity contribution is 6.12. The molecule has 4 rings (SSSR count). The Balaban J connectivity index is 1.46. The number of nitrogens with zero attached hydrogens (tertiary/aromatic N) is 2. The van der Waals surface area contributed by atoms with E-state index in [1.54, 1.807) is 6.07 Å². The number of hydrogen-bond donors (Lipinski definition) is 2. The van der Waals surface area contributed by atoms with E-state index in [0.29, 0.717) is 31.0 Å². The van der Waals surface area contributed by atoms with E-state index in [0.717, 1.165) is 35.2 Å². The van der Waals surface area contributed by atoms with Gasteiger partial charge in [-0.15, -0.1) is 0 Å². The van der Waals surface area contributed by atoms with Crippen molar-refractivity contribution in [3.05, 3.63) is 65.1 Å². The van der Waals surface area contributed by atoms with Gasteiger partial charge >= 0.3 is 0 Å². The van der Waals surface area contributed by atoms with Crippen LogP contribution in [0.4, 0.5) is 15.8 Å². The fraction of sp³-hybridized carbons (Fsp3) is 0.320. The first-order valence-electron chi connectivity index (χ1n) is 11.0. The van der Waals surface area contributed by atoms with E-state index in [9.17, 15) is 14.0 Å². The van der Waals surface area contributed by atoms with E-state index in [-0.39, 0.29) is 23.9 Å². The Labute approximate surface area is 191 Å². The number of halogens is 1. The maximum absolute atomic E-state index is 14.3. The van der Waals surface area contributed by atoms with Gasteiger partial charge in [0, 0.05) is 42.8 Å². The number of nitrogens with one attached hydrogen (secondary N) is 2. The lowest BCUT2D eigenvalue weighted by atomic mass is 10.0. The van der Waals surface area contributed by atoms with Gasteiger partial charge in [0.25, 0.3) is 5.91 Å². The predicted molar refractivity (Wildman–Crippen MR) is 126 cm³/mol. The third kappa shape index (κ3) is 5.71. The first-order chi connectivity index (χ1) is 15.9. The van der Waals surface area contributed by atoms with Crippen molar-refractivity contribution in [3.8, 4) is 0 Å². The number of hydrogen-bond acceptors (Lipinski definition) is 5. The third-order valence-electron chi connectivity index (χ3n) is 5.59. The zero-order chi connectivity index (χ0) is 23.4. The lowest BCUT2D eigenvalue weighted by Crippen LogP contribution is -2.38. The average molecular weight is 451 g/mol. The van der Waals surface area contributed by atoms with Crippen LogP contribution < -0.4 is 10.6 Å². The SMILES string of the molecule is Cc1ccc2nc(C)cc(C(=O)Nc3ccc(F)c(NC(=O)CCN4CCOCC4)c3)c2c1. The molecule has 0 atom stereocenters. The summed E-state index contributed by atoms with van der Waals surface area (Å²) in [5.74, 6) is -1.17. The third-order valence-corrected chi connectivity index (χ3v) is 5.59. The summed E-state index contributed by atoms with van der Waals surface area (Å²) in [4.78, 5) is 32.0. The van der Waals surface area contributed by atoms with Gasteiger partial charge in [0.05, 0.1) is 30.0 Å². The summed E-state index contributed by atoms with van der Waals surface area (Å²) in [7, 11) is 0. The summed E-state index contributed by atoms with van der Waals surface area (Å²) in [6, 6.07) is 11.6. The molecule has 3 aromatic rings. The Bertz CT molecular complexity index is 1190. The minimum atomic E-state index is -0.562. The van der Waals surface area contributed by atoms with Gasteiger partial charge in [-0.05, 0) is 50.2 Å². The van der Waals surface area contributed by atoms with Crippen LogP contribution in [0.2, 0.25) is 0 Å². The molecule has 0 spiro atoms. The van der Waals surface area contributed by atoms with Gasteiger partial charge < -0.3 is 15.4 Å². The van der Waals surface area contributed by atoms with Crippen molar-refractivity contribution in [1.82, 2.24) is 9.88 Å². The molecule has 172 valence electrons. The number of aromatic nitrogens is 1. The molecule has 0 radical (unpaired) electrons. The highest BCUT2D eigenvalue weighted by atomic mass is 19.1. The topological polar surface area (TPSA) is 83.6 Å². The molecule has 7 nitrogen and oxygen atoms in total. The smallest absolute Gasteiger partial charge is 0.256 e. The molecular formula is C25H27FN4O3. The molecule has 1 aromatic heterocycles. The van der Waals surface area contributed by atoms with E-state index in [1.807, 2.05) is 32.0 Å². The Morgan fingerprint density at radius 3 is 2.64 bits per heavy atom. The van der Waals surface area contributed by atoms with Crippen LogP contribution in [0.3, 0.4) is 0 Å². The number of rotatable bonds is 6. The maximum atomic E-state index is 14.3. The lowest BCUT2D eigenvalue weighted by molar-refractivity contribution is -0.116. The van der Waals surface area contributed by atoms with Gasteiger partial charge in [0.15, 0.2) is 0 Å². The quantitative estimate of drug-likeness (QED) is 0.595. The molecule has 2 aromatic carbocycles. The van der Waals surface area contributed by atoms with Crippen LogP contribution in [0, 0.1) is 19.7 Å². The van der Waals surface area contributed by atoms with Crippen LogP contribution in [-0.4, -0.2) is 54.5 Å². The van der Waals surface area contributed by atoms with Gasteiger partial charge in [0.1, 0.15) is 5.82 Å². The van der Waals surface area contributed by atoms with Crippen LogP contribution in [0.1, 0.15) is 28.0 Å². The van der Waals surface area contributed by atoms with Gasteiger partial charge in [-0.1, -0.05) is 11.6 Å². The Hall–Kier alpha value is -3.36. The second-order valence-electron chi connectivity index (χ2n) is 8.23. The van der Waals surface area contributed by atoms with Crippen molar-refractivity contribution in [3.63, 3.8) is 0 Å². The van der Waals surface area contributed by atoms with E-state index in [4.69, 9.17) is 4.74 Å². The first kappa shape index (κ1) is 22.8. The van der Waals surface area contributed by atoms with Gasteiger partial charge in [-0.3, -0.25) is 19.5 Å². The highest BCUT2D eigenvalue weighted by Crippen LogP contribution is 2.24. The number of anilines is 2. The van der Waals surface area contributed by atoms with Crippen molar-refractivity contribution < 1.29 is 18.7 Å². The number of ether oxygens (including phenoxy) is 1. The maximum Gasteiger partial charge on any atom is 0.256 e. The molecule has 1 fully saturated rings. The summed E-state index contributed by atoms with van der Waals surface area (Å²) < 4.78 is 19.6. The molecule has 0 saturated carbocycles. The van der Waals surface area contributed by atoms with Crippen molar-refractivity contribution in [1.29, 1.82) is 0 Å². The second-order valence-corrected chi connectivity index (χ2v) is 8.23.